The van der Waals surface area contributed by atoms with E-state index in [2.05, 4.69) is 30.9 Å². The van der Waals surface area contributed by atoms with Crippen molar-refractivity contribution < 1.29 is 19.4 Å². The van der Waals surface area contributed by atoms with Gasteiger partial charge in [0, 0.05) is 32.2 Å². The summed E-state index contributed by atoms with van der Waals surface area (Å²) < 4.78 is 13.4. The number of morpholine rings is 1. The van der Waals surface area contributed by atoms with Crippen molar-refractivity contribution in [3.8, 4) is 11.6 Å². The van der Waals surface area contributed by atoms with Gasteiger partial charge in [-0.15, -0.1) is 0 Å². The molecule has 0 spiro atoms. The van der Waals surface area contributed by atoms with Gasteiger partial charge < -0.3 is 14.6 Å². The van der Waals surface area contributed by atoms with Crippen molar-refractivity contribution in [3.05, 3.63) is 47.1 Å². The highest BCUT2D eigenvalue weighted by molar-refractivity contribution is 9.10. The minimum absolute atomic E-state index is 0.288. The molecule has 1 aliphatic heterocycles. The van der Waals surface area contributed by atoms with Crippen LogP contribution in [0, 0.1) is 0 Å². The first-order chi connectivity index (χ1) is 14.1. The smallest absolute Gasteiger partial charge is 0.413 e. The number of fused-ring (bicyclic) bond motifs is 1. The third kappa shape index (κ3) is 4.50. The average Bonchev–Trinajstić information content (AvgIpc) is 3.10. The number of para-hydroxylation sites is 1. The number of rotatable bonds is 6. The number of halogens is 1. The van der Waals surface area contributed by atoms with Crippen LogP contribution in [0.5, 0.6) is 11.6 Å². The Morgan fingerprint density at radius 3 is 2.76 bits per heavy atom. The predicted molar refractivity (Wildman–Crippen MR) is 110 cm³/mol. The Bertz CT molecular complexity index is 991. The van der Waals surface area contributed by atoms with E-state index in [9.17, 15) is 9.90 Å². The fourth-order valence-electron chi connectivity index (χ4n) is 3.13. The molecule has 3 aromatic rings. The van der Waals surface area contributed by atoms with Gasteiger partial charge in [0.15, 0.2) is 5.65 Å². The Kier molecular flexibility index (Phi) is 5.93. The molecule has 0 unspecified atom stereocenters. The first-order valence-corrected chi connectivity index (χ1v) is 9.99. The molecule has 152 valence electrons. The molecule has 0 bridgehead atoms. The summed E-state index contributed by atoms with van der Waals surface area (Å²) in [6.45, 7) is 3.78. The molecule has 0 aliphatic carbocycles. The van der Waals surface area contributed by atoms with Crippen molar-refractivity contribution in [1.29, 1.82) is 0 Å². The Morgan fingerprint density at radius 2 is 2.03 bits per heavy atom. The summed E-state index contributed by atoms with van der Waals surface area (Å²) in [5.74, 6) is 1.27. The summed E-state index contributed by atoms with van der Waals surface area (Å²) in [6, 6.07) is 10.8. The van der Waals surface area contributed by atoms with E-state index in [0.29, 0.717) is 41.4 Å². The molecule has 0 atom stereocenters. The molecule has 3 heterocycles. The van der Waals surface area contributed by atoms with Gasteiger partial charge in [-0.3, -0.25) is 9.80 Å². The maximum absolute atomic E-state index is 12.1. The molecule has 1 amide bonds. The highest BCUT2D eigenvalue weighted by Crippen LogP contribution is 2.28. The molecule has 29 heavy (non-hydrogen) atoms. The van der Waals surface area contributed by atoms with Crippen molar-refractivity contribution in [3.63, 3.8) is 0 Å². The van der Waals surface area contributed by atoms with Crippen LogP contribution in [0.25, 0.3) is 5.65 Å². The number of nitrogens with zero attached hydrogens (tertiary/aromatic N) is 5. The molecule has 9 nitrogen and oxygen atoms in total. The van der Waals surface area contributed by atoms with Gasteiger partial charge in [0.2, 0.25) is 5.88 Å². The first kappa shape index (κ1) is 19.6. The SMILES string of the molecule is O=C(O)N(CCN1CCOCC1)c1cc(Oc2ccccc2)nc2c(Br)cnn12. The molecule has 1 aliphatic rings. The van der Waals surface area contributed by atoms with Crippen LogP contribution in [-0.2, 0) is 4.74 Å². The standard InChI is InChI=1S/C19H20BrN5O4/c20-15-13-21-25-17(24(19(26)27)7-6-23-8-10-28-11-9-23)12-16(22-18(15)25)29-14-4-2-1-3-5-14/h1-5,12-13H,6-11H2,(H,26,27). The van der Waals surface area contributed by atoms with Gasteiger partial charge in [0.25, 0.3) is 0 Å². The van der Waals surface area contributed by atoms with E-state index in [0.717, 1.165) is 13.1 Å². The third-order valence-corrected chi connectivity index (χ3v) is 5.16. The lowest BCUT2D eigenvalue weighted by Crippen LogP contribution is -2.43. The normalized spacial score (nSPS) is 14.8. The fraction of sp³-hybridized carbons (Fsp3) is 0.316. The molecule has 4 rings (SSSR count). The average molecular weight is 462 g/mol. The maximum Gasteiger partial charge on any atom is 0.413 e. The van der Waals surface area contributed by atoms with Gasteiger partial charge in [0.1, 0.15) is 11.6 Å². The maximum atomic E-state index is 12.1. The number of anilines is 1. The quantitative estimate of drug-likeness (QED) is 0.602. The summed E-state index contributed by atoms with van der Waals surface area (Å²) >= 11 is 3.42. The summed E-state index contributed by atoms with van der Waals surface area (Å²) in [7, 11) is 0. The number of ether oxygens (including phenoxy) is 2. The lowest BCUT2D eigenvalue weighted by Gasteiger charge is -2.29. The Balaban J connectivity index is 1.66. The Labute approximate surface area is 175 Å². The van der Waals surface area contributed by atoms with Gasteiger partial charge in [-0.05, 0) is 28.1 Å². The van der Waals surface area contributed by atoms with Crippen molar-refractivity contribution in [2.24, 2.45) is 0 Å². The number of benzene rings is 1. The molecule has 1 aromatic carbocycles. The molecule has 0 radical (unpaired) electrons. The van der Waals surface area contributed by atoms with Crippen molar-refractivity contribution >= 4 is 33.5 Å². The van der Waals surface area contributed by atoms with Crippen LogP contribution < -0.4 is 9.64 Å². The minimum Gasteiger partial charge on any atom is -0.465 e. The van der Waals surface area contributed by atoms with Gasteiger partial charge in [-0.1, -0.05) is 18.2 Å². The van der Waals surface area contributed by atoms with E-state index < -0.39 is 6.09 Å². The largest absolute Gasteiger partial charge is 0.465 e. The van der Waals surface area contributed by atoms with E-state index in [1.54, 1.807) is 12.3 Å². The summed E-state index contributed by atoms with van der Waals surface area (Å²) in [5, 5.41) is 14.1. The number of hydrogen-bond donors (Lipinski definition) is 1. The Hall–Kier alpha value is -2.69. The van der Waals surface area contributed by atoms with Crippen LogP contribution in [0.15, 0.2) is 47.1 Å². The molecular weight excluding hydrogens is 442 g/mol. The molecule has 1 saturated heterocycles. The summed E-state index contributed by atoms with van der Waals surface area (Å²) in [6.07, 6.45) is 0.517. The van der Waals surface area contributed by atoms with Gasteiger partial charge >= 0.3 is 6.09 Å². The minimum atomic E-state index is -1.07. The van der Waals surface area contributed by atoms with Crippen molar-refractivity contribution in [2.75, 3.05) is 44.3 Å². The van der Waals surface area contributed by atoms with E-state index in [-0.39, 0.29) is 12.4 Å². The fourth-order valence-corrected chi connectivity index (χ4v) is 3.48. The monoisotopic (exact) mass is 461 g/mol. The van der Waals surface area contributed by atoms with E-state index in [1.165, 1.54) is 9.42 Å². The second kappa shape index (κ2) is 8.76. The van der Waals surface area contributed by atoms with E-state index in [1.807, 2.05) is 30.3 Å². The zero-order valence-electron chi connectivity index (χ0n) is 15.6. The number of carbonyl (C=O) groups is 1. The van der Waals surface area contributed by atoms with Crippen LogP contribution in [0.2, 0.25) is 0 Å². The van der Waals surface area contributed by atoms with Crippen molar-refractivity contribution in [1.82, 2.24) is 19.5 Å². The number of aromatic nitrogens is 3. The summed E-state index contributed by atoms with van der Waals surface area (Å²) in [5.41, 5.74) is 0.478. The van der Waals surface area contributed by atoms with Crippen LogP contribution in [0.3, 0.4) is 0 Å². The molecule has 0 saturated carbocycles. The molecule has 2 aromatic heterocycles. The second-order valence-electron chi connectivity index (χ2n) is 6.48. The third-order valence-electron chi connectivity index (χ3n) is 4.60. The first-order valence-electron chi connectivity index (χ1n) is 9.19. The second-order valence-corrected chi connectivity index (χ2v) is 7.34. The molecule has 1 N–H and O–H groups in total. The van der Waals surface area contributed by atoms with Crippen LogP contribution in [0.4, 0.5) is 10.6 Å². The zero-order valence-corrected chi connectivity index (χ0v) is 17.2. The molecular formula is C19H20BrN5O4. The van der Waals surface area contributed by atoms with E-state index in [4.69, 9.17) is 9.47 Å². The zero-order chi connectivity index (χ0) is 20.2. The molecule has 1 fully saturated rings. The number of hydrogen-bond acceptors (Lipinski definition) is 6. The van der Waals surface area contributed by atoms with E-state index >= 15 is 0 Å². The molecule has 10 heteroatoms. The lowest BCUT2D eigenvalue weighted by molar-refractivity contribution is 0.0392. The van der Waals surface area contributed by atoms with Crippen LogP contribution >= 0.6 is 15.9 Å². The number of amides is 1. The van der Waals surface area contributed by atoms with Crippen LogP contribution in [0.1, 0.15) is 0 Å². The van der Waals surface area contributed by atoms with Gasteiger partial charge in [-0.2, -0.15) is 14.6 Å². The highest BCUT2D eigenvalue weighted by atomic mass is 79.9. The number of carboxylic acid groups (broad SMARTS) is 1. The topological polar surface area (TPSA) is 92.4 Å². The summed E-state index contributed by atoms with van der Waals surface area (Å²) in [4.78, 5) is 20.0. The highest BCUT2D eigenvalue weighted by Gasteiger charge is 2.23. The Morgan fingerprint density at radius 1 is 1.28 bits per heavy atom. The van der Waals surface area contributed by atoms with Gasteiger partial charge in [-0.25, -0.2) is 4.79 Å². The van der Waals surface area contributed by atoms with Crippen LogP contribution in [-0.4, -0.2) is 70.1 Å². The van der Waals surface area contributed by atoms with Gasteiger partial charge in [0.05, 0.1) is 23.9 Å². The predicted octanol–water partition coefficient (Wildman–Crippen LogP) is 3.10. The lowest BCUT2D eigenvalue weighted by atomic mass is 10.3. The van der Waals surface area contributed by atoms with Crippen molar-refractivity contribution in [2.45, 2.75) is 0 Å².